The summed E-state index contributed by atoms with van der Waals surface area (Å²) >= 11 is 0. The molecule has 1 saturated carbocycles. The molecule has 6 nitrogen and oxygen atoms in total. The van der Waals surface area contributed by atoms with Crippen molar-refractivity contribution in [3.8, 4) is 0 Å². The van der Waals surface area contributed by atoms with Crippen molar-refractivity contribution in [2.75, 3.05) is 0 Å². The molecule has 1 aliphatic carbocycles. The predicted molar refractivity (Wildman–Crippen MR) is 94.9 cm³/mol. The van der Waals surface area contributed by atoms with E-state index in [-0.39, 0.29) is 29.7 Å². The summed E-state index contributed by atoms with van der Waals surface area (Å²) in [5.41, 5.74) is -1.03. The normalized spacial score (nSPS) is 22.0. The van der Waals surface area contributed by atoms with Gasteiger partial charge in [-0.15, -0.1) is 0 Å². The molecule has 0 saturated heterocycles. The Morgan fingerprint density at radius 3 is 2.00 bits per heavy atom. The number of rotatable bonds is 8. The van der Waals surface area contributed by atoms with Gasteiger partial charge in [0.2, 0.25) is 0 Å². The van der Waals surface area contributed by atoms with Crippen molar-refractivity contribution < 1.29 is 20.6 Å². The quantitative estimate of drug-likeness (QED) is 0.308. The minimum atomic E-state index is -1.25. The summed E-state index contributed by atoms with van der Waals surface area (Å²) in [4.78, 5) is 0. The Balaban J connectivity index is 2.97. The van der Waals surface area contributed by atoms with Crippen LogP contribution in [0.2, 0.25) is 0 Å². The van der Waals surface area contributed by atoms with E-state index < -0.39 is 11.7 Å². The molecule has 140 valence electrons. The Morgan fingerprint density at radius 2 is 1.58 bits per heavy atom. The second kappa shape index (κ2) is 9.37. The fourth-order valence-corrected chi connectivity index (χ4v) is 3.67. The summed E-state index contributed by atoms with van der Waals surface area (Å²) < 4.78 is 0. The highest BCUT2D eigenvalue weighted by Crippen LogP contribution is 2.32. The van der Waals surface area contributed by atoms with Crippen LogP contribution in [0.1, 0.15) is 72.6 Å². The zero-order valence-corrected chi connectivity index (χ0v) is 15.4. The molecule has 2 unspecified atom stereocenters. The highest BCUT2D eigenvalue weighted by Gasteiger charge is 2.40. The Labute approximate surface area is 145 Å². The van der Waals surface area contributed by atoms with Gasteiger partial charge in [0.15, 0.2) is 0 Å². The van der Waals surface area contributed by atoms with Crippen LogP contribution in [0.25, 0.3) is 0 Å². The number of hydrogen-bond donors (Lipinski definition) is 4. The van der Waals surface area contributed by atoms with Crippen molar-refractivity contribution >= 4 is 11.4 Å². The molecule has 0 aromatic carbocycles. The number of oxime groups is 2. The molecule has 0 aliphatic heterocycles. The summed E-state index contributed by atoms with van der Waals surface area (Å²) in [6.45, 7) is 8.11. The van der Waals surface area contributed by atoms with E-state index in [1.807, 2.05) is 27.7 Å². The number of aliphatic hydroxyl groups excluding tert-OH is 1. The lowest BCUT2D eigenvalue weighted by atomic mass is 9.76. The minimum absolute atomic E-state index is 0.0482. The van der Waals surface area contributed by atoms with E-state index >= 15 is 0 Å². The van der Waals surface area contributed by atoms with Crippen LogP contribution in [-0.2, 0) is 0 Å². The zero-order valence-electron chi connectivity index (χ0n) is 15.4. The van der Waals surface area contributed by atoms with E-state index in [0.717, 1.165) is 19.3 Å². The first kappa shape index (κ1) is 20.9. The van der Waals surface area contributed by atoms with E-state index in [4.69, 9.17) is 0 Å². The minimum Gasteiger partial charge on any atom is -0.411 e. The fourth-order valence-electron chi connectivity index (χ4n) is 3.67. The lowest BCUT2D eigenvalue weighted by Crippen LogP contribution is -2.46. The molecular weight excluding hydrogens is 308 g/mol. The highest BCUT2D eigenvalue weighted by molar-refractivity contribution is 6.44. The van der Waals surface area contributed by atoms with Crippen LogP contribution in [0, 0.1) is 17.8 Å². The van der Waals surface area contributed by atoms with Gasteiger partial charge in [0.25, 0.3) is 0 Å². The van der Waals surface area contributed by atoms with Gasteiger partial charge in [0.05, 0.1) is 6.10 Å². The average molecular weight is 342 g/mol. The number of aliphatic hydroxyl groups is 2. The molecule has 0 bridgehead atoms. The van der Waals surface area contributed by atoms with Crippen molar-refractivity contribution in [3.63, 3.8) is 0 Å². The summed E-state index contributed by atoms with van der Waals surface area (Å²) in [7, 11) is 0. The lowest BCUT2D eigenvalue weighted by molar-refractivity contribution is 0.0626. The maximum absolute atomic E-state index is 10.8. The first-order valence-electron chi connectivity index (χ1n) is 9.09. The number of nitrogens with zero attached hydrogens (tertiary/aromatic N) is 2. The smallest absolute Gasteiger partial charge is 0.136 e. The highest BCUT2D eigenvalue weighted by atomic mass is 16.4. The molecule has 24 heavy (non-hydrogen) atoms. The third kappa shape index (κ3) is 5.45. The molecule has 0 heterocycles. The van der Waals surface area contributed by atoms with Crippen LogP contribution in [0.15, 0.2) is 10.3 Å². The van der Waals surface area contributed by atoms with Crippen molar-refractivity contribution in [2.45, 2.75) is 84.3 Å². The molecule has 1 aliphatic rings. The Bertz CT molecular complexity index is 440. The van der Waals surface area contributed by atoms with Crippen molar-refractivity contribution in [1.29, 1.82) is 0 Å². The zero-order chi connectivity index (χ0) is 18.3. The van der Waals surface area contributed by atoms with E-state index in [2.05, 4.69) is 10.3 Å². The van der Waals surface area contributed by atoms with Gasteiger partial charge in [-0.05, 0) is 37.0 Å². The maximum atomic E-state index is 10.8. The predicted octanol–water partition coefficient (Wildman–Crippen LogP) is 3.41. The fraction of sp³-hybridized carbons (Fsp3) is 0.889. The standard InChI is InChI=1S/C18H34N2O4/c1-12(2)10-16(21)14(13(3)4)11-15(19-23)17(20-24)18(22)8-6-5-7-9-18/h12-14,16,21-24H,5-11H2,1-4H3. The molecule has 0 aromatic rings. The van der Waals surface area contributed by atoms with Gasteiger partial charge >= 0.3 is 0 Å². The third-order valence-electron chi connectivity index (χ3n) is 5.11. The van der Waals surface area contributed by atoms with E-state index in [1.54, 1.807) is 0 Å². The van der Waals surface area contributed by atoms with Crippen LogP contribution in [0.4, 0.5) is 0 Å². The van der Waals surface area contributed by atoms with E-state index in [1.165, 1.54) is 0 Å². The van der Waals surface area contributed by atoms with Crippen LogP contribution in [-0.4, -0.2) is 43.8 Å². The summed E-state index contributed by atoms with van der Waals surface area (Å²) in [5, 5.41) is 46.9. The molecular formula is C18H34N2O4. The van der Waals surface area contributed by atoms with Crippen LogP contribution in [0.5, 0.6) is 0 Å². The van der Waals surface area contributed by atoms with Crippen molar-refractivity contribution in [1.82, 2.24) is 0 Å². The monoisotopic (exact) mass is 342 g/mol. The van der Waals surface area contributed by atoms with Crippen molar-refractivity contribution in [3.05, 3.63) is 0 Å². The molecule has 6 heteroatoms. The third-order valence-corrected chi connectivity index (χ3v) is 5.11. The van der Waals surface area contributed by atoms with Gasteiger partial charge in [-0.25, -0.2) is 0 Å². The molecule has 0 radical (unpaired) electrons. The first-order chi connectivity index (χ1) is 11.2. The van der Waals surface area contributed by atoms with E-state index in [9.17, 15) is 20.6 Å². The topological polar surface area (TPSA) is 106 Å². The van der Waals surface area contributed by atoms with Gasteiger partial charge in [-0.1, -0.05) is 57.3 Å². The van der Waals surface area contributed by atoms with Crippen molar-refractivity contribution in [2.24, 2.45) is 28.1 Å². The van der Waals surface area contributed by atoms with Gasteiger partial charge in [0.1, 0.15) is 17.0 Å². The molecule has 1 rings (SSSR count). The molecule has 0 amide bonds. The van der Waals surface area contributed by atoms with Crippen LogP contribution < -0.4 is 0 Å². The Morgan fingerprint density at radius 1 is 1.00 bits per heavy atom. The molecule has 4 N–H and O–H groups in total. The van der Waals surface area contributed by atoms with Gasteiger partial charge in [0, 0.05) is 6.42 Å². The summed E-state index contributed by atoms with van der Waals surface area (Å²) in [5.74, 6) is 0.378. The van der Waals surface area contributed by atoms with Gasteiger partial charge in [-0.3, -0.25) is 0 Å². The van der Waals surface area contributed by atoms with Crippen LogP contribution in [0.3, 0.4) is 0 Å². The lowest BCUT2D eigenvalue weighted by Gasteiger charge is -2.34. The van der Waals surface area contributed by atoms with Crippen LogP contribution >= 0.6 is 0 Å². The second-order valence-electron chi connectivity index (χ2n) is 7.90. The largest absolute Gasteiger partial charge is 0.411 e. The second-order valence-corrected chi connectivity index (χ2v) is 7.90. The number of hydrogen-bond acceptors (Lipinski definition) is 6. The maximum Gasteiger partial charge on any atom is 0.136 e. The van der Waals surface area contributed by atoms with Gasteiger partial charge in [-0.2, -0.15) is 0 Å². The Kier molecular flexibility index (Phi) is 8.16. The Hall–Kier alpha value is -1.14. The molecule has 0 aromatic heterocycles. The first-order valence-corrected chi connectivity index (χ1v) is 9.09. The summed E-state index contributed by atoms with van der Waals surface area (Å²) in [6.07, 6.45) is 4.09. The molecule has 0 spiro atoms. The molecule has 2 atom stereocenters. The molecule has 1 fully saturated rings. The summed E-state index contributed by atoms with van der Waals surface area (Å²) in [6, 6.07) is 0. The van der Waals surface area contributed by atoms with Gasteiger partial charge < -0.3 is 20.6 Å². The van der Waals surface area contributed by atoms with E-state index in [0.29, 0.717) is 25.2 Å². The average Bonchev–Trinajstić information content (AvgIpc) is 2.50. The SMILES string of the molecule is CC(C)CC(O)C(CC(=NO)C(=NO)C1(O)CCCCC1)C(C)C.